The molecule has 2 bridgehead atoms. The van der Waals surface area contributed by atoms with Crippen LogP contribution in [0.5, 0.6) is 0 Å². The summed E-state index contributed by atoms with van der Waals surface area (Å²) in [5.74, 6) is 0. The highest BCUT2D eigenvalue weighted by atomic mass is 32.2. The number of piperidine rings is 2. The first-order chi connectivity index (χ1) is 19.8. The third-order valence-electron chi connectivity index (χ3n) is 9.22. The molecule has 7 nitrogen and oxygen atoms in total. The van der Waals surface area contributed by atoms with Gasteiger partial charge in [-0.15, -0.1) is 0 Å². The quantitative estimate of drug-likeness (QED) is 0.316. The number of benzene rings is 2. The van der Waals surface area contributed by atoms with Crippen LogP contribution in [-0.2, 0) is 23.4 Å². The van der Waals surface area contributed by atoms with Crippen LogP contribution in [0.3, 0.4) is 0 Å². The second-order valence-electron chi connectivity index (χ2n) is 13.4. The van der Waals surface area contributed by atoms with Crippen LogP contribution in [0.15, 0.2) is 65.6 Å². The summed E-state index contributed by atoms with van der Waals surface area (Å²) in [5.41, 5.74) is 7.23. The summed E-state index contributed by atoms with van der Waals surface area (Å²) in [6.45, 7) is 11.3. The van der Waals surface area contributed by atoms with Gasteiger partial charge < -0.3 is 9.67 Å². The SMILES string of the molecule is Cc1nc(-c2ccc(CN3C[C@H]4CCC3CN4C(O)C(C)(C)C)cc2)cc2c1cc(-c1ccc(S(C)(=O)=O)cc1)n2C. The van der Waals surface area contributed by atoms with Crippen LogP contribution in [0.1, 0.15) is 44.9 Å². The molecule has 3 aliphatic heterocycles. The van der Waals surface area contributed by atoms with Gasteiger partial charge in [-0.25, -0.2) is 8.42 Å². The van der Waals surface area contributed by atoms with E-state index in [0.29, 0.717) is 17.0 Å². The summed E-state index contributed by atoms with van der Waals surface area (Å²) in [7, 11) is -1.19. The molecule has 2 unspecified atom stereocenters. The maximum absolute atomic E-state index is 11.9. The zero-order chi connectivity index (χ0) is 30.0. The van der Waals surface area contributed by atoms with Crippen LogP contribution in [0.2, 0.25) is 0 Å². The van der Waals surface area contributed by atoms with E-state index in [0.717, 1.165) is 65.2 Å². The normalized spacial score (nSPS) is 20.8. The molecule has 3 aliphatic rings. The van der Waals surface area contributed by atoms with E-state index in [1.807, 2.05) is 26.1 Å². The smallest absolute Gasteiger partial charge is 0.175 e. The van der Waals surface area contributed by atoms with Crippen molar-refractivity contribution in [3.63, 3.8) is 0 Å². The Morgan fingerprint density at radius 1 is 0.952 bits per heavy atom. The molecular formula is C34H42N4O3S. The maximum atomic E-state index is 11.9. The Balaban J connectivity index is 1.20. The predicted octanol–water partition coefficient (Wildman–Crippen LogP) is 5.63. The molecule has 2 aromatic heterocycles. The molecule has 42 heavy (non-hydrogen) atoms. The minimum Gasteiger partial charge on any atom is -0.378 e. The standard InChI is InChI=1S/C34H42N4O3S/c1-22-29-17-31(25-11-15-28(16-12-25)42(6,40)41)36(5)32(29)18-30(35-22)24-9-7-23(8-10-24)19-37-20-27-14-13-26(37)21-38(27)33(39)34(2,3)4/h7-12,15-18,26-27,33,39H,13-14,19-21H2,1-6H3/t26?,27-,33?/m1/s1. The zero-order valence-electron chi connectivity index (χ0n) is 25.5. The number of sulfone groups is 1. The molecule has 0 saturated carbocycles. The Morgan fingerprint density at radius 3 is 2.19 bits per heavy atom. The Labute approximate surface area is 249 Å². The monoisotopic (exact) mass is 586 g/mol. The van der Waals surface area contributed by atoms with Gasteiger partial charge >= 0.3 is 0 Å². The summed E-state index contributed by atoms with van der Waals surface area (Å²) < 4.78 is 25.9. The number of aliphatic hydroxyl groups is 1. The van der Waals surface area contributed by atoms with Gasteiger partial charge in [0.15, 0.2) is 9.84 Å². The molecule has 7 rings (SSSR count). The second-order valence-corrected chi connectivity index (χ2v) is 15.4. The molecule has 3 saturated heterocycles. The second kappa shape index (κ2) is 10.6. The average molecular weight is 587 g/mol. The van der Waals surface area contributed by atoms with Crippen molar-refractivity contribution in [1.29, 1.82) is 0 Å². The van der Waals surface area contributed by atoms with Crippen LogP contribution >= 0.6 is 0 Å². The van der Waals surface area contributed by atoms with E-state index in [-0.39, 0.29) is 5.41 Å². The van der Waals surface area contributed by atoms with E-state index in [4.69, 9.17) is 4.98 Å². The molecule has 2 aromatic carbocycles. The predicted molar refractivity (Wildman–Crippen MR) is 169 cm³/mol. The number of hydrogen-bond donors (Lipinski definition) is 1. The number of aromatic nitrogens is 2. The fraction of sp³-hybridized carbons (Fsp3) is 0.441. The molecule has 4 aromatic rings. The third kappa shape index (κ3) is 5.41. The van der Waals surface area contributed by atoms with Gasteiger partial charge in [0.25, 0.3) is 0 Å². The minimum atomic E-state index is -3.23. The fourth-order valence-corrected chi connectivity index (χ4v) is 7.37. The lowest BCUT2D eigenvalue weighted by atomic mass is 9.85. The van der Waals surface area contributed by atoms with Gasteiger partial charge in [-0.2, -0.15) is 0 Å². The van der Waals surface area contributed by atoms with Crippen LogP contribution in [0, 0.1) is 12.3 Å². The Bertz CT molecular complexity index is 1720. The summed E-state index contributed by atoms with van der Waals surface area (Å²) in [6.07, 6.45) is 3.18. The van der Waals surface area contributed by atoms with Gasteiger partial charge in [-0.3, -0.25) is 14.8 Å². The maximum Gasteiger partial charge on any atom is 0.175 e. The molecule has 0 amide bonds. The van der Waals surface area contributed by atoms with E-state index in [1.54, 1.807) is 12.1 Å². The number of fused-ring (bicyclic) bond motifs is 4. The van der Waals surface area contributed by atoms with Gasteiger partial charge in [0, 0.05) is 72.8 Å². The van der Waals surface area contributed by atoms with Gasteiger partial charge in [-0.1, -0.05) is 57.2 Å². The molecule has 8 heteroatoms. The molecule has 0 radical (unpaired) electrons. The third-order valence-corrected chi connectivity index (χ3v) is 10.3. The van der Waals surface area contributed by atoms with Crippen molar-refractivity contribution in [2.75, 3.05) is 19.3 Å². The van der Waals surface area contributed by atoms with Crippen molar-refractivity contribution in [2.45, 2.75) is 70.3 Å². The highest BCUT2D eigenvalue weighted by molar-refractivity contribution is 7.90. The summed E-state index contributed by atoms with van der Waals surface area (Å²) in [6, 6.07) is 21.0. The number of hydrogen-bond acceptors (Lipinski definition) is 6. The van der Waals surface area contributed by atoms with Gasteiger partial charge in [0.2, 0.25) is 0 Å². The largest absolute Gasteiger partial charge is 0.378 e. The van der Waals surface area contributed by atoms with E-state index in [2.05, 4.69) is 71.5 Å². The first-order valence-corrected chi connectivity index (χ1v) is 16.7. The average Bonchev–Trinajstić information content (AvgIpc) is 3.29. The number of nitrogens with zero attached hydrogens (tertiary/aromatic N) is 4. The summed E-state index contributed by atoms with van der Waals surface area (Å²) in [5, 5.41) is 12.0. The number of rotatable bonds is 6. The molecule has 0 aliphatic carbocycles. The lowest BCUT2D eigenvalue weighted by molar-refractivity contribution is -0.146. The molecule has 0 spiro atoms. The first-order valence-electron chi connectivity index (χ1n) is 14.8. The van der Waals surface area contributed by atoms with Gasteiger partial charge in [-0.05, 0) is 55.2 Å². The Kier molecular flexibility index (Phi) is 7.33. The van der Waals surface area contributed by atoms with E-state index >= 15 is 0 Å². The lowest BCUT2D eigenvalue weighted by Gasteiger charge is -2.54. The van der Waals surface area contributed by atoms with Crippen LogP contribution in [0.4, 0.5) is 0 Å². The van der Waals surface area contributed by atoms with Crippen molar-refractivity contribution in [2.24, 2.45) is 12.5 Å². The van der Waals surface area contributed by atoms with Gasteiger partial charge in [0.05, 0.1) is 16.1 Å². The molecule has 1 N–H and O–H groups in total. The molecule has 3 atom stereocenters. The molecule has 5 heterocycles. The first kappa shape index (κ1) is 29.1. The minimum absolute atomic E-state index is 0.139. The van der Waals surface area contributed by atoms with E-state index in [9.17, 15) is 13.5 Å². The van der Waals surface area contributed by atoms with Crippen LogP contribution in [0.25, 0.3) is 33.4 Å². The number of aryl methyl sites for hydroxylation is 2. The molecular weight excluding hydrogens is 544 g/mol. The van der Waals surface area contributed by atoms with E-state index < -0.39 is 16.1 Å². The highest BCUT2D eigenvalue weighted by Crippen LogP contribution is 2.36. The van der Waals surface area contributed by atoms with E-state index in [1.165, 1.54) is 18.2 Å². The van der Waals surface area contributed by atoms with Crippen molar-refractivity contribution < 1.29 is 13.5 Å². The van der Waals surface area contributed by atoms with Crippen molar-refractivity contribution in [1.82, 2.24) is 19.4 Å². The highest BCUT2D eigenvalue weighted by Gasteiger charge is 2.43. The lowest BCUT2D eigenvalue weighted by Crippen LogP contribution is -2.66. The number of pyridine rings is 1. The van der Waals surface area contributed by atoms with Crippen LogP contribution < -0.4 is 0 Å². The van der Waals surface area contributed by atoms with Crippen molar-refractivity contribution in [3.8, 4) is 22.5 Å². The van der Waals surface area contributed by atoms with Crippen molar-refractivity contribution in [3.05, 3.63) is 71.9 Å². The topological polar surface area (TPSA) is 78.7 Å². The number of piperazine rings is 1. The summed E-state index contributed by atoms with van der Waals surface area (Å²) >= 11 is 0. The van der Waals surface area contributed by atoms with Gasteiger partial charge in [0.1, 0.15) is 6.23 Å². The number of aliphatic hydroxyl groups excluding tert-OH is 1. The molecule has 222 valence electrons. The fourth-order valence-electron chi connectivity index (χ4n) is 6.74. The summed E-state index contributed by atoms with van der Waals surface area (Å²) in [4.78, 5) is 10.2. The molecule has 3 fully saturated rings. The van der Waals surface area contributed by atoms with Crippen molar-refractivity contribution >= 4 is 20.7 Å². The Hall–Kier alpha value is -3.04. The zero-order valence-corrected chi connectivity index (χ0v) is 26.3. The van der Waals surface area contributed by atoms with Crippen LogP contribution in [-0.4, -0.2) is 70.5 Å². The Morgan fingerprint density at radius 2 is 1.60 bits per heavy atom.